The Morgan fingerprint density at radius 2 is 1.95 bits per heavy atom. The molecule has 0 radical (unpaired) electrons. The molecule has 0 aliphatic carbocycles. The van der Waals surface area contributed by atoms with Crippen molar-refractivity contribution >= 4 is 33.0 Å². The van der Waals surface area contributed by atoms with Crippen molar-refractivity contribution in [2.24, 2.45) is 0 Å². The van der Waals surface area contributed by atoms with E-state index in [0.29, 0.717) is 0 Å². The molecule has 2 aromatic heterocycles. The molecule has 0 saturated carbocycles. The van der Waals surface area contributed by atoms with Gasteiger partial charge in [-0.2, -0.15) is 0 Å². The monoisotopic (exact) mass is 334 g/mol. The summed E-state index contributed by atoms with van der Waals surface area (Å²) >= 11 is 9.77. The summed E-state index contributed by atoms with van der Waals surface area (Å²) in [6.45, 7) is 0. The van der Waals surface area contributed by atoms with Crippen LogP contribution in [0.25, 0.3) is 5.52 Å². The van der Waals surface area contributed by atoms with Gasteiger partial charge in [0.15, 0.2) is 0 Å². The Balaban J connectivity index is 1.93. The minimum absolute atomic E-state index is 0.739. The summed E-state index contributed by atoms with van der Waals surface area (Å²) in [7, 11) is 0. The van der Waals surface area contributed by atoms with Gasteiger partial charge in [-0.1, -0.05) is 41.9 Å². The van der Waals surface area contributed by atoms with Crippen LogP contribution in [0.3, 0.4) is 0 Å². The van der Waals surface area contributed by atoms with Crippen molar-refractivity contribution in [3.05, 3.63) is 69.7 Å². The molecule has 0 amide bonds. The molecule has 0 N–H and O–H groups in total. The average molecular weight is 336 g/mol. The fourth-order valence-corrected chi connectivity index (χ4v) is 3.19. The zero-order chi connectivity index (χ0) is 13.2. The maximum absolute atomic E-state index is 6.27. The summed E-state index contributed by atoms with van der Waals surface area (Å²) in [5.41, 5.74) is 3.34. The second kappa shape index (κ2) is 5.35. The molecule has 0 fully saturated rings. The second-order valence-corrected chi connectivity index (χ2v) is 5.61. The third-order valence-electron chi connectivity index (χ3n) is 3.16. The van der Waals surface area contributed by atoms with Crippen LogP contribution in [0.1, 0.15) is 11.3 Å². The molecule has 0 saturated heterocycles. The van der Waals surface area contributed by atoms with Gasteiger partial charge in [0, 0.05) is 12.4 Å². The summed E-state index contributed by atoms with van der Waals surface area (Å²) in [5.74, 6) is 0. The number of aryl methyl sites for hydroxylation is 2. The maximum Gasteiger partial charge on any atom is 0.0908 e. The van der Waals surface area contributed by atoms with Gasteiger partial charge in [-0.3, -0.25) is 4.98 Å². The molecular weight excluding hydrogens is 324 g/mol. The minimum Gasteiger partial charge on any atom is -0.306 e. The van der Waals surface area contributed by atoms with Crippen molar-refractivity contribution in [1.82, 2.24) is 9.38 Å². The van der Waals surface area contributed by atoms with E-state index in [-0.39, 0.29) is 0 Å². The molecule has 0 spiro atoms. The number of benzene rings is 1. The summed E-state index contributed by atoms with van der Waals surface area (Å²) < 4.78 is 2.98. The van der Waals surface area contributed by atoms with Crippen molar-refractivity contribution < 1.29 is 0 Å². The Hall–Kier alpha value is -1.32. The fraction of sp³-hybridized carbons (Fsp3) is 0.133. The van der Waals surface area contributed by atoms with E-state index in [1.807, 2.05) is 28.9 Å². The number of halogens is 2. The van der Waals surface area contributed by atoms with E-state index >= 15 is 0 Å². The molecule has 0 aliphatic rings. The van der Waals surface area contributed by atoms with E-state index in [1.165, 1.54) is 5.56 Å². The number of hydrogen-bond donors (Lipinski definition) is 0. The Labute approximate surface area is 125 Å². The maximum atomic E-state index is 6.27. The molecule has 2 nitrogen and oxygen atoms in total. The Kier molecular flexibility index (Phi) is 3.58. The zero-order valence-corrected chi connectivity index (χ0v) is 12.5. The molecule has 0 atom stereocenters. The first-order chi connectivity index (χ1) is 9.25. The predicted octanol–water partition coefficient (Wildman–Crippen LogP) is 4.54. The average Bonchev–Trinajstić information content (AvgIpc) is 2.74. The van der Waals surface area contributed by atoms with E-state index in [1.54, 1.807) is 0 Å². The highest BCUT2D eigenvalue weighted by Gasteiger charge is 2.10. The van der Waals surface area contributed by atoms with Crippen LogP contribution in [0.2, 0.25) is 5.02 Å². The molecule has 19 heavy (non-hydrogen) atoms. The highest BCUT2D eigenvalue weighted by molar-refractivity contribution is 9.10. The molecule has 0 aliphatic heterocycles. The molecule has 0 bridgehead atoms. The lowest BCUT2D eigenvalue weighted by molar-refractivity contribution is 0.905. The highest BCUT2D eigenvalue weighted by Crippen LogP contribution is 2.27. The van der Waals surface area contributed by atoms with Gasteiger partial charge in [-0.15, -0.1) is 0 Å². The lowest BCUT2D eigenvalue weighted by Crippen LogP contribution is -1.98. The van der Waals surface area contributed by atoms with Gasteiger partial charge in [-0.05, 0) is 40.4 Å². The molecule has 2 heterocycles. The van der Waals surface area contributed by atoms with Crippen molar-refractivity contribution in [2.75, 3.05) is 0 Å². The van der Waals surface area contributed by atoms with Gasteiger partial charge in [0.25, 0.3) is 0 Å². The second-order valence-electron chi connectivity index (χ2n) is 4.39. The topological polar surface area (TPSA) is 17.3 Å². The third kappa shape index (κ3) is 2.53. The van der Waals surface area contributed by atoms with Gasteiger partial charge in [-0.25, -0.2) is 0 Å². The van der Waals surface area contributed by atoms with Crippen LogP contribution in [0.15, 0.2) is 53.4 Å². The summed E-state index contributed by atoms with van der Waals surface area (Å²) in [6.07, 6.45) is 5.57. The Morgan fingerprint density at radius 1 is 1.16 bits per heavy atom. The quantitative estimate of drug-likeness (QED) is 0.687. The summed E-state index contributed by atoms with van der Waals surface area (Å²) in [4.78, 5) is 4.47. The van der Waals surface area contributed by atoms with Crippen LogP contribution in [-0.4, -0.2) is 9.38 Å². The van der Waals surface area contributed by atoms with Crippen LogP contribution >= 0.6 is 27.5 Å². The van der Waals surface area contributed by atoms with Crippen LogP contribution in [-0.2, 0) is 12.8 Å². The lowest BCUT2D eigenvalue weighted by atomic mass is 10.1. The minimum atomic E-state index is 0.739. The molecule has 96 valence electrons. The largest absolute Gasteiger partial charge is 0.306 e. The van der Waals surface area contributed by atoms with Crippen LogP contribution < -0.4 is 0 Å². The zero-order valence-electron chi connectivity index (χ0n) is 10.2. The van der Waals surface area contributed by atoms with E-state index in [2.05, 4.69) is 45.2 Å². The number of aromatic nitrogens is 2. The van der Waals surface area contributed by atoms with E-state index in [4.69, 9.17) is 11.6 Å². The molecule has 1 aromatic carbocycles. The van der Waals surface area contributed by atoms with Crippen LogP contribution in [0.4, 0.5) is 0 Å². The standard InChI is InChI=1S/C15H12BrClN2/c16-14-10-12(17)15-13(18-8-9-19(14)15)7-6-11-4-2-1-3-5-11/h1-5,8-10H,6-7H2. The van der Waals surface area contributed by atoms with Gasteiger partial charge in [0.05, 0.1) is 20.8 Å². The predicted molar refractivity (Wildman–Crippen MR) is 81.8 cm³/mol. The van der Waals surface area contributed by atoms with Gasteiger partial charge in [0.2, 0.25) is 0 Å². The lowest BCUT2D eigenvalue weighted by Gasteiger charge is -2.05. The number of hydrogen-bond acceptors (Lipinski definition) is 1. The van der Waals surface area contributed by atoms with Gasteiger partial charge >= 0.3 is 0 Å². The first-order valence-electron chi connectivity index (χ1n) is 6.09. The van der Waals surface area contributed by atoms with Gasteiger partial charge < -0.3 is 4.40 Å². The Bertz CT molecular complexity index is 707. The number of rotatable bonds is 3. The molecule has 0 unspecified atom stereocenters. The molecule has 3 aromatic rings. The normalized spacial score (nSPS) is 11.1. The molecule has 3 rings (SSSR count). The van der Waals surface area contributed by atoms with Crippen LogP contribution in [0.5, 0.6) is 0 Å². The van der Waals surface area contributed by atoms with Crippen LogP contribution in [0, 0.1) is 0 Å². The first-order valence-corrected chi connectivity index (χ1v) is 7.26. The highest BCUT2D eigenvalue weighted by atomic mass is 79.9. The smallest absolute Gasteiger partial charge is 0.0908 e. The third-order valence-corrected chi connectivity index (χ3v) is 4.05. The van der Waals surface area contributed by atoms with Crippen molar-refractivity contribution in [1.29, 1.82) is 0 Å². The Morgan fingerprint density at radius 3 is 2.74 bits per heavy atom. The van der Waals surface area contributed by atoms with Crippen molar-refractivity contribution in [3.8, 4) is 0 Å². The number of nitrogens with zero attached hydrogens (tertiary/aromatic N) is 2. The van der Waals surface area contributed by atoms with E-state index in [0.717, 1.165) is 33.7 Å². The molecular formula is C15H12BrClN2. The molecule has 4 heteroatoms. The van der Waals surface area contributed by atoms with E-state index in [9.17, 15) is 0 Å². The van der Waals surface area contributed by atoms with E-state index < -0.39 is 0 Å². The fourth-order valence-electron chi connectivity index (χ4n) is 2.23. The first kappa shape index (κ1) is 12.7. The van der Waals surface area contributed by atoms with Gasteiger partial charge in [0.1, 0.15) is 0 Å². The van der Waals surface area contributed by atoms with Crippen molar-refractivity contribution in [2.45, 2.75) is 12.8 Å². The van der Waals surface area contributed by atoms with Crippen molar-refractivity contribution in [3.63, 3.8) is 0 Å². The summed E-state index contributed by atoms with van der Waals surface area (Å²) in [6, 6.07) is 12.3. The summed E-state index contributed by atoms with van der Waals surface area (Å²) in [5, 5.41) is 0.739. The SMILES string of the molecule is Clc1cc(Br)n2ccnc(CCc3ccccc3)c12. The number of fused-ring (bicyclic) bond motifs is 1.